The maximum absolute atomic E-state index is 12.3. The summed E-state index contributed by atoms with van der Waals surface area (Å²) in [7, 11) is 0. The lowest BCUT2D eigenvalue weighted by Crippen LogP contribution is -2.48. The summed E-state index contributed by atoms with van der Waals surface area (Å²) in [6.45, 7) is 1.73. The largest absolute Gasteiger partial charge is 0.346 e. The van der Waals surface area contributed by atoms with Gasteiger partial charge in [-0.15, -0.1) is 11.8 Å². The topological polar surface area (TPSA) is 71.0 Å². The molecule has 1 saturated heterocycles. The first kappa shape index (κ1) is 17.2. The van der Waals surface area contributed by atoms with Crippen molar-refractivity contribution < 1.29 is 4.79 Å². The fourth-order valence-electron chi connectivity index (χ4n) is 3.16. The molecule has 1 amide bonds. The van der Waals surface area contributed by atoms with Crippen molar-refractivity contribution in [1.82, 2.24) is 20.3 Å². The SMILES string of the molecule is CSc1cccc2sc(N3CCCC(NC(=O)c4cnccn4)C3)nc12. The molecule has 134 valence electrons. The normalized spacial score (nSPS) is 17.4. The van der Waals surface area contributed by atoms with Crippen molar-refractivity contribution in [2.75, 3.05) is 24.2 Å². The van der Waals surface area contributed by atoms with Crippen molar-refractivity contribution in [2.24, 2.45) is 0 Å². The number of carbonyl (C=O) groups excluding carboxylic acids is 1. The molecule has 1 unspecified atom stereocenters. The summed E-state index contributed by atoms with van der Waals surface area (Å²) in [6, 6.07) is 6.39. The van der Waals surface area contributed by atoms with Crippen LogP contribution in [0.15, 0.2) is 41.7 Å². The maximum atomic E-state index is 12.3. The first-order valence-electron chi connectivity index (χ1n) is 8.50. The molecular formula is C18H19N5OS2. The third-order valence-corrected chi connectivity index (χ3v) is 6.26. The molecule has 8 heteroatoms. The summed E-state index contributed by atoms with van der Waals surface area (Å²) in [5.74, 6) is -0.168. The summed E-state index contributed by atoms with van der Waals surface area (Å²) in [5.41, 5.74) is 1.43. The number of anilines is 1. The predicted molar refractivity (Wildman–Crippen MR) is 106 cm³/mol. The number of aromatic nitrogens is 3. The van der Waals surface area contributed by atoms with Crippen molar-refractivity contribution in [3.8, 4) is 0 Å². The van der Waals surface area contributed by atoms with E-state index in [1.807, 2.05) is 0 Å². The molecule has 3 heterocycles. The van der Waals surface area contributed by atoms with Gasteiger partial charge in [0.1, 0.15) is 5.69 Å². The number of rotatable bonds is 4. The maximum Gasteiger partial charge on any atom is 0.271 e. The Balaban J connectivity index is 1.49. The number of thioether (sulfide) groups is 1. The molecule has 0 radical (unpaired) electrons. The molecule has 0 bridgehead atoms. The molecule has 1 aromatic carbocycles. The van der Waals surface area contributed by atoms with Crippen LogP contribution in [0.3, 0.4) is 0 Å². The average Bonchev–Trinajstić information content (AvgIpc) is 3.13. The number of thiazole rings is 1. The quantitative estimate of drug-likeness (QED) is 0.696. The van der Waals surface area contributed by atoms with Gasteiger partial charge < -0.3 is 10.2 Å². The zero-order valence-corrected chi connectivity index (χ0v) is 16.0. The van der Waals surface area contributed by atoms with Gasteiger partial charge >= 0.3 is 0 Å². The third kappa shape index (κ3) is 3.52. The van der Waals surface area contributed by atoms with E-state index in [0.29, 0.717) is 5.69 Å². The molecule has 0 saturated carbocycles. The molecule has 1 aliphatic rings. The molecule has 1 fully saturated rings. The fourth-order valence-corrected chi connectivity index (χ4v) is 4.81. The lowest BCUT2D eigenvalue weighted by molar-refractivity contribution is 0.0927. The van der Waals surface area contributed by atoms with E-state index < -0.39 is 0 Å². The Hall–Kier alpha value is -2.19. The number of hydrogen-bond acceptors (Lipinski definition) is 7. The van der Waals surface area contributed by atoms with E-state index in [4.69, 9.17) is 4.98 Å². The standard InChI is InChI=1S/C18H19N5OS2/c1-25-14-5-2-6-15-16(14)22-18(26-15)23-9-3-4-12(11-23)21-17(24)13-10-19-7-8-20-13/h2,5-8,10,12H,3-4,9,11H2,1H3,(H,21,24). The van der Waals surface area contributed by atoms with Gasteiger partial charge in [-0.1, -0.05) is 17.4 Å². The lowest BCUT2D eigenvalue weighted by atomic mass is 10.1. The van der Waals surface area contributed by atoms with Crippen LogP contribution in [0, 0.1) is 0 Å². The number of para-hydroxylation sites is 1. The highest BCUT2D eigenvalue weighted by Crippen LogP contribution is 2.34. The minimum Gasteiger partial charge on any atom is -0.346 e. The number of nitrogens with one attached hydrogen (secondary N) is 1. The summed E-state index contributed by atoms with van der Waals surface area (Å²) in [5, 5.41) is 4.11. The van der Waals surface area contributed by atoms with Gasteiger partial charge in [-0.25, -0.2) is 9.97 Å². The van der Waals surface area contributed by atoms with Crippen molar-refractivity contribution in [3.63, 3.8) is 0 Å². The molecule has 3 aromatic rings. The molecule has 1 aliphatic heterocycles. The van der Waals surface area contributed by atoms with E-state index >= 15 is 0 Å². The Bertz CT molecular complexity index is 914. The van der Waals surface area contributed by atoms with E-state index in [-0.39, 0.29) is 11.9 Å². The zero-order chi connectivity index (χ0) is 17.9. The molecule has 0 spiro atoms. The Morgan fingerprint density at radius 3 is 3.12 bits per heavy atom. The second kappa shape index (κ2) is 7.59. The molecule has 4 rings (SSSR count). The first-order valence-corrected chi connectivity index (χ1v) is 10.5. The minimum atomic E-state index is -0.168. The summed E-state index contributed by atoms with van der Waals surface area (Å²) < 4.78 is 1.21. The number of benzene rings is 1. The second-order valence-corrected chi connectivity index (χ2v) is 8.01. The van der Waals surface area contributed by atoms with Gasteiger partial charge in [0.15, 0.2) is 5.13 Å². The van der Waals surface area contributed by atoms with Gasteiger partial charge in [-0.05, 0) is 31.2 Å². The van der Waals surface area contributed by atoms with Crippen molar-refractivity contribution in [1.29, 1.82) is 0 Å². The number of hydrogen-bond donors (Lipinski definition) is 1. The highest BCUT2D eigenvalue weighted by atomic mass is 32.2. The molecule has 0 aliphatic carbocycles. The molecule has 1 atom stereocenters. The van der Waals surface area contributed by atoms with Gasteiger partial charge in [-0.2, -0.15) is 0 Å². The Morgan fingerprint density at radius 1 is 1.38 bits per heavy atom. The van der Waals surface area contributed by atoms with E-state index in [1.165, 1.54) is 22.0 Å². The van der Waals surface area contributed by atoms with E-state index in [2.05, 4.69) is 44.6 Å². The van der Waals surface area contributed by atoms with Crippen LogP contribution < -0.4 is 10.2 Å². The number of carbonyl (C=O) groups is 1. The number of nitrogens with zero attached hydrogens (tertiary/aromatic N) is 4. The molecule has 26 heavy (non-hydrogen) atoms. The molecule has 1 N–H and O–H groups in total. The van der Waals surface area contributed by atoms with E-state index in [0.717, 1.165) is 36.6 Å². The predicted octanol–water partition coefficient (Wildman–Crippen LogP) is 3.21. The number of amides is 1. The van der Waals surface area contributed by atoms with Crippen molar-refractivity contribution in [3.05, 3.63) is 42.5 Å². The van der Waals surface area contributed by atoms with Crippen LogP contribution >= 0.6 is 23.1 Å². The summed E-state index contributed by atoms with van der Waals surface area (Å²) in [4.78, 5) is 28.7. The Labute approximate surface area is 160 Å². The lowest BCUT2D eigenvalue weighted by Gasteiger charge is -2.32. The Morgan fingerprint density at radius 2 is 2.31 bits per heavy atom. The van der Waals surface area contributed by atoms with Crippen LogP contribution in [-0.2, 0) is 0 Å². The highest BCUT2D eigenvalue weighted by Gasteiger charge is 2.24. The van der Waals surface area contributed by atoms with Gasteiger partial charge in [0.25, 0.3) is 5.91 Å². The average molecular weight is 386 g/mol. The fraction of sp³-hybridized carbons (Fsp3) is 0.333. The second-order valence-electron chi connectivity index (χ2n) is 6.15. The van der Waals surface area contributed by atoms with E-state index in [1.54, 1.807) is 29.3 Å². The number of fused-ring (bicyclic) bond motifs is 1. The summed E-state index contributed by atoms with van der Waals surface area (Å²) in [6.07, 6.45) is 8.65. The van der Waals surface area contributed by atoms with Gasteiger partial charge in [0.05, 0.1) is 16.4 Å². The van der Waals surface area contributed by atoms with Gasteiger partial charge in [0, 0.05) is 36.4 Å². The molecule has 2 aromatic heterocycles. The van der Waals surface area contributed by atoms with Crippen LogP contribution in [0.1, 0.15) is 23.3 Å². The number of piperidine rings is 1. The highest BCUT2D eigenvalue weighted by molar-refractivity contribution is 7.98. The van der Waals surface area contributed by atoms with Gasteiger partial charge in [0.2, 0.25) is 0 Å². The first-order chi connectivity index (χ1) is 12.7. The Kier molecular flexibility index (Phi) is 5.03. The van der Waals surface area contributed by atoms with Gasteiger partial charge in [-0.3, -0.25) is 9.78 Å². The van der Waals surface area contributed by atoms with Crippen LogP contribution in [0.2, 0.25) is 0 Å². The summed E-state index contributed by atoms with van der Waals surface area (Å²) >= 11 is 3.44. The smallest absolute Gasteiger partial charge is 0.271 e. The zero-order valence-electron chi connectivity index (χ0n) is 14.4. The van der Waals surface area contributed by atoms with Crippen molar-refractivity contribution in [2.45, 2.75) is 23.8 Å². The minimum absolute atomic E-state index is 0.0882. The van der Waals surface area contributed by atoms with Crippen LogP contribution in [0.5, 0.6) is 0 Å². The molecular weight excluding hydrogens is 366 g/mol. The van der Waals surface area contributed by atoms with Crippen LogP contribution in [0.4, 0.5) is 5.13 Å². The third-order valence-electron chi connectivity index (χ3n) is 4.41. The van der Waals surface area contributed by atoms with Crippen molar-refractivity contribution >= 4 is 44.4 Å². The van der Waals surface area contributed by atoms with Crippen LogP contribution in [0.25, 0.3) is 10.2 Å². The van der Waals surface area contributed by atoms with Crippen LogP contribution in [-0.4, -0.2) is 46.2 Å². The molecule has 6 nitrogen and oxygen atoms in total. The monoisotopic (exact) mass is 385 g/mol. The van der Waals surface area contributed by atoms with E-state index in [9.17, 15) is 4.79 Å².